The Morgan fingerprint density at radius 3 is 2.83 bits per heavy atom. The number of nitriles is 1. The van der Waals surface area contributed by atoms with Crippen LogP contribution in [0.2, 0.25) is 0 Å². The molecule has 0 saturated heterocycles. The molecule has 18 heavy (non-hydrogen) atoms. The van der Waals surface area contributed by atoms with Gasteiger partial charge in [-0.15, -0.1) is 0 Å². The number of nitrogens with zero attached hydrogens (tertiary/aromatic N) is 3. The summed E-state index contributed by atoms with van der Waals surface area (Å²) in [6, 6.07) is 8.29. The minimum Gasteiger partial charge on any atom is -0.362 e. The fourth-order valence-electron chi connectivity index (χ4n) is 1.54. The van der Waals surface area contributed by atoms with Gasteiger partial charge in [0.05, 0.1) is 11.6 Å². The second kappa shape index (κ2) is 5.23. The standard InChI is InChI=1S/C13H11FN4/c1-9(11-4-5-12(14)17-8-11)18-13-10(7-15)3-2-6-16-13/h2-6,8-9H,1H3,(H,16,18)/t9-/m0/s1. The SMILES string of the molecule is C[C@H](Nc1ncccc1C#N)c1ccc(F)nc1. The van der Waals surface area contributed by atoms with Crippen LogP contribution >= 0.6 is 0 Å². The van der Waals surface area contributed by atoms with E-state index in [1.807, 2.05) is 6.92 Å². The molecule has 0 spiro atoms. The van der Waals surface area contributed by atoms with Gasteiger partial charge in [-0.2, -0.15) is 9.65 Å². The van der Waals surface area contributed by atoms with Crippen molar-refractivity contribution in [2.24, 2.45) is 0 Å². The van der Waals surface area contributed by atoms with Crippen LogP contribution in [0.4, 0.5) is 10.2 Å². The number of aromatic nitrogens is 2. The van der Waals surface area contributed by atoms with Gasteiger partial charge in [-0.1, -0.05) is 6.07 Å². The normalized spacial score (nSPS) is 11.6. The Labute approximate surface area is 104 Å². The molecule has 0 amide bonds. The molecule has 90 valence electrons. The van der Waals surface area contributed by atoms with Gasteiger partial charge in [0.15, 0.2) is 0 Å². The Balaban J connectivity index is 2.19. The first-order valence-electron chi connectivity index (χ1n) is 5.44. The van der Waals surface area contributed by atoms with Crippen LogP contribution in [0.1, 0.15) is 24.1 Å². The van der Waals surface area contributed by atoms with Gasteiger partial charge in [0, 0.05) is 12.4 Å². The van der Waals surface area contributed by atoms with E-state index in [2.05, 4.69) is 21.4 Å². The molecule has 5 heteroatoms. The molecule has 0 aliphatic carbocycles. The van der Waals surface area contributed by atoms with Crippen LogP contribution in [0, 0.1) is 17.3 Å². The van der Waals surface area contributed by atoms with Crippen LogP contribution in [-0.2, 0) is 0 Å². The highest BCUT2D eigenvalue weighted by molar-refractivity contribution is 5.52. The quantitative estimate of drug-likeness (QED) is 0.840. The van der Waals surface area contributed by atoms with Crippen molar-refractivity contribution in [1.82, 2.24) is 9.97 Å². The second-order valence-electron chi connectivity index (χ2n) is 3.79. The number of halogens is 1. The molecule has 0 bridgehead atoms. The predicted octanol–water partition coefficient (Wildman–Crippen LogP) is 2.66. The van der Waals surface area contributed by atoms with E-state index in [0.29, 0.717) is 11.4 Å². The number of anilines is 1. The van der Waals surface area contributed by atoms with E-state index in [0.717, 1.165) is 5.56 Å². The zero-order valence-electron chi connectivity index (χ0n) is 9.76. The molecule has 0 saturated carbocycles. The zero-order chi connectivity index (χ0) is 13.0. The van der Waals surface area contributed by atoms with Crippen molar-refractivity contribution in [1.29, 1.82) is 5.26 Å². The van der Waals surface area contributed by atoms with E-state index in [4.69, 9.17) is 5.26 Å². The molecule has 0 aliphatic heterocycles. The Morgan fingerprint density at radius 1 is 1.33 bits per heavy atom. The molecule has 0 radical (unpaired) electrons. The van der Waals surface area contributed by atoms with Crippen LogP contribution in [-0.4, -0.2) is 9.97 Å². The lowest BCUT2D eigenvalue weighted by molar-refractivity contribution is 0.581. The predicted molar refractivity (Wildman–Crippen MR) is 65.2 cm³/mol. The summed E-state index contributed by atoms with van der Waals surface area (Å²) in [5.74, 6) is -0.00155. The Hall–Kier alpha value is -2.48. The topological polar surface area (TPSA) is 61.6 Å². The minimum atomic E-state index is -0.512. The summed E-state index contributed by atoms with van der Waals surface area (Å²) in [5.41, 5.74) is 1.30. The largest absolute Gasteiger partial charge is 0.362 e. The van der Waals surface area contributed by atoms with E-state index in [-0.39, 0.29) is 6.04 Å². The third kappa shape index (κ3) is 2.61. The molecule has 0 unspecified atom stereocenters. The fraction of sp³-hybridized carbons (Fsp3) is 0.154. The molecule has 0 aliphatic rings. The Morgan fingerprint density at radius 2 is 2.17 bits per heavy atom. The zero-order valence-corrected chi connectivity index (χ0v) is 9.76. The molecule has 0 aromatic carbocycles. The van der Waals surface area contributed by atoms with Crippen LogP contribution < -0.4 is 5.32 Å². The molecule has 4 nitrogen and oxygen atoms in total. The Bertz CT molecular complexity index is 574. The number of rotatable bonds is 3. The minimum absolute atomic E-state index is 0.111. The molecule has 1 atom stereocenters. The van der Waals surface area contributed by atoms with Gasteiger partial charge in [-0.3, -0.25) is 0 Å². The van der Waals surface area contributed by atoms with Crippen LogP contribution in [0.5, 0.6) is 0 Å². The summed E-state index contributed by atoms with van der Waals surface area (Å²) in [5, 5.41) is 12.0. The van der Waals surface area contributed by atoms with Gasteiger partial charge in [0.1, 0.15) is 11.9 Å². The number of pyridine rings is 2. The van der Waals surface area contributed by atoms with Crippen molar-refractivity contribution in [2.45, 2.75) is 13.0 Å². The molecule has 2 heterocycles. The first-order valence-corrected chi connectivity index (χ1v) is 5.44. The lowest BCUT2D eigenvalue weighted by Crippen LogP contribution is -2.09. The average Bonchev–Trinajstić information content (AvgIpc) is 2.40. The third-order valence-corrected chi connectivity index (χ3v) is 2.53. The summed E-state index contributed by atoms with van der Waals surface area (Å²) in [7, 11) is 0. The molecule has 2 rings (SSSR count). The van der Waals surface area contributed by atoms with Gasteiger partial charge in [0.2, 0.25) is 5.95 Å². The lowest BCUT2D eigenvalue weighted by Gasteiger charge is -2.15. The molecule has 0 fully saturated rings. The highest BCUT2D eigenvalue weighted by atomic mass is 19.1. The molecule has 2 aromatic heterocycles. The fourth-order valence-corrected chi connectivity index (χ4v) is 1.54. The van der Waals surface area contributed by atoms with E-state index in [1.54, 1.807) is 24.4 Å². The van der Waals surface area contributed by atoms with E-state index in [1.165, 1.54) is 12.3 Å². The summed E-state index contributed by atoms with van der Waals surface area (Å²) in [4.78, 5) is 7.70. The van der Waals surface area contributed by atoms with Crippen molar-refractivity contribution in [3.63, 3.8) is 0 Å². The maximum absolute atomic E-state index is 12.7. The Kier molecular flexibility index (Phi) is 3.49. The van der Waals surface area contributed by atoms with Gasteiger partial charge in [-0.05, 0) is 30.7 Å². The van der Waals surface area contributed by atoms with Crippen molar-refractivity contribution in [3.05, 3.63) is 53.7 Å². The molecular weight excluding hydrogens is 231 g/mol. The average molecular weight is 242 g/mol. The number of hydrogen-bond acceptors (Lipinski definition) is 4. The van der Waals surface area contributed by atoms with Gasteiger partial charge in [-0.25, -0.2) is 9.97 Å². The maximum atomic E-state index is 12.7. The summed E-state index contributed by atoms with van der Waals surface area (Å²) >= 11 is 0. The second-order valence-corrected chi connectivity index (χ2v) is 3.79. The molecular formula is C13H11FN4. The number of hydrogen-bond donors (Lipinski definition) is 1. The first-order chi connectivity index (χ1) is 8.70. The summed E-state index contributed by atoms with van der Waals surface area (Å²) in [6.45, 7) is 1.89. The van der Waals surface area contributed by atoms with Gasteiger partial charge < -0.3 is 5.32 Å². The van der Waals surface area contributed by atoms with Crippen molar-refractivity contribution in [2.75, 3.05) is 5.32 Å². The third-order valence-electron chi connectivity index (χ3n) is 2.53. The number of nitrogens with one attached hydrogen (secondary N) is 1. The van der Waals surface area contributed by atoms with Crippen LogP contribution in [0.15, 0.2) is 36.7 Å². The van der Waals surface area contributed by atoms with E-state index in [9.17, 15) is 4.39 Å². The van der Waals surface area contributed by atoms with Crippen molar-refractivity contribution < 1.29 is 4.39 Å². The summed E-state index contributed by atoms with van der Waals surface area (Å²) < 4.78 is 12.7. The summed E-state index contributed by atoms with van der Waals surface area (Å²) in [6.07, 6.45) is 3.07. The first kappa shape index (κ1) is 12.0. The van der Waals surface area contributed by atoms with Gasteiger partial charge in [0.25, 0.3) is 0 Å². The highest BCUT2D eigenvalue weighted by Crippen LogP contribution is 2.19. The lowest BCUT2D eigenvalue weighted by atomic mass is 10.1. The van der Waals surface area contributed by atoms with Crippen LogP contribution in [0.25, 0.3) is 0 Å². The highest BCUT2D eigenvalue weighted by Gasteiger charge is 2.09. The van der Waals surface area contributed by atoms with Crippen molar-refractivity contribution >= 4 is 5.82 Å². The van der Waals surface area contributed by atoms with Crippen LogP contribution in [0.3, 0.4) is 0 Å². The van der Waals surface area contributed by atoms with E-state index < -0.39 is 5.95 Å². The molecule has 1 N–H and O–H groups in total. The van der Waals surface area contributed by atoms with E-state index >= 15 is 0 Å². The monoisotopic (exact) mass is 242 g/mol. The maximum Gasteiger partial charge on any atom is 0.212 e. The van der Waals surface area contributed by atoms with Crippen molar-refractivity contribution in [3.8, 4) is 6.07 Å². The van der Waals surface area contributed by atoms with Gasteiger partial charge >= 0.3 is 0 Å². The molecule has 2 aromatic rings. The smallest absolute Gasteiger partial charge is 0.212 e.